The van der Waals surface area contributed by atoms with E-state index >= 15 is 0 Å². The monoisotopic (exact) mass is 443 g/mol. The summed E-state index contributed by atoms with van der Waals surface area (Å²) in [4.78, 5) is 11.4. The summed E-state index contributed by atoms with van der Waals surface area (Å²) in [7, 11) is 0. The van der Waals surface area contributed by atoms with Crippen molar-refractivity contribution < 1.29 is 36.6 Å². The molecule has 170 valence electrons. The maximum absolute atomic E-state index is 10.6. The summed E-state index contributed by atoms with van der Waals surface area (Å²) >= 11 is 0. The second kappa shape index (κ2) is 8.99. The van der Waals surface area contributed by atoms with Gasteiger partial charge in [0, 0.05) is 30.5 Å². The fourth-order valence-electron chi connectivity index (χ4n) is 4.17. The zero-order chi connectivity index (χ0) is 22.0. The van der Waals surface area contributed by atoms with Crippen molar-refractivity contribution in [3.05, 3.63) is 35.9 Å². The highest BCUT2D eigenvalue weighted by Crippen LogP contribution is 2.40. The van der Waals surface area contributed by atoms with Crippen LogP contribution in [0.5, 0.6) is 0 Å². The second-order valence-electron chi connectivity index (χ2n) is 8.27. The largest absolute Gasteiger partial charge is 0.490 e. The Morgan fingerprint density at radius 1 is 1.26 bits per heavy atom. The third kappa shape index (κ3) is 5.65. The minimum absolute atomic E-state index is 0.235. The van der Waals surface area contributed by atoms with Gasteiger partial charge in [-0.1, -0.05) is 0 Å². The van der Waals surface area contributed by atoms with E-state index in [1.54, 1.807) is 6.26 Å². The van der Waals surface area contributed by atoms with Crippen LogP contribution in [-0.4, -0.2) is 58.1 Å². The van der Waals surface area contributed by atoms with Crippen LogP contribution in [0.3, 0.4) is 0 Å². The molecule has 11 heteroatoms. The van der Waals surface area contributed by atoms with E-state index in [9.17, 15) is 13.2 Å². The Hall–Kier alpha value is -2.40. The van der Waals surface area contributed by atoms with Gasteiger partial charge in [0.05, 0.1) is 31.7 Å². The van der Waals surface area contributed by atoms with E-state index in [-0.39, 0.29) is 6.10 Å². The molecule has 2 aliphatic heterocycles. The van der Waals surface area contributed by atoms with Gasteiger partial charge in [0.25, 0.3) is 0 Å². The number of fused-ring (bicyclic) bond motifs is 1. The Kier molecular flexibility index (Phi) is 6.33. The fourth-order valence-corrected chi connectivity index (χ4v) is 4.17. The zero-order valence-corrected chi connectivity index (χ0v) is 16.8. The summed E-state index contributed by atoms with van der Waals surface area (Å²) in [6.07, 6.45) is 3.07. The van der Waals surface area contributed by atoms with Gasteiger partial charge in [-0.2, -0.15) is 13.2 Å². The van der Waals surface area contributed by atoms with Crippen molar-refractivity contribution in [1.29, 1.82) is 0 Å². The Morgan fingerprint density at radius 3 is 2.68 bits per heavy atom. The first-order chi connectivity index (χ1) is 14.8. The number of likely N-dealkylation sites (tertiary alicyclic amines) is 1. The number of ether oxygens (including phenoxy) is 1. The van der Waals surface area contributed by atoms with E-state index in [1.807, 2.05) is 12.3 Å². The molecule has 31 heavy (non-hydrogen) atoms. The Bertz CT molecular complexity index is 866. The molecule has 3 fully saturated rings. The SMILES string of the molecule is O=C(O)C(F)(F)F.c1cc(CN2CC[C@@H]3[C@@H](CO[C@H]3Cc3nnc(C4CC4)o3)C2)co1. The number of nitrogens with zero attached hydrogens (tertiary/aromatic N) is 3. The summed E-state index contributed by atoms with van der Waals surface area (Å²) < 4.78 is 48.8. The van der Waals surface area contributed by atoms with Gasteiger partial charge in [-0.3, -0.25) is 4.90 Å². The molecule has 0 bridgehead atoms. The van der Waals surface area contributed by atoms with E-state index < -0.39 is 12.1 Å². The number of alkyl halides is 3. The molecule has 2 saturated heterocycles. The Balaban J connectivity index is 0.000000289. The molecule has 0 spiro atoms. The van der Waals surface area contributed by atoms with Crippen LogP contribution in [0.1, 0.15) is 42.5 Å². The number of carbonyl (C=O) groups is 1. The summed E-state index contributed by atoms with van der Waals surface area (Å²) in [5.41, 5.74) is 1.25. The van der Waals surface area contributed by atoms with Gasteiger partial charge in [-0.05, 0) is 37.8 Å². The molecule has 8 nitrogen and oxygen atoms in total. The highest BCUT2D eigenvalue weighted by atomic mass is 19.4. The van der Waals surface area contributed by atoms with Gasteiger partial charge < -0.3 is 18.7 Å². The molecular weight excluding hydrogens is 419 g/mol. The minimum atomic E-state index is -5.08. The van der Waals surface area contributed by atoms with Crippen molar-refractivity contribution in [3.8, 4) is 0 Å². The average Bonchev–Trinajstić information content (AvgIpc) is 3.10. The van der Waals surface area contributed by atoms with Crippen LogP contribution < -0.4 is 0 Å². The van der Waals surface area contributed by atoms with Crippen LogP contribution in [0.25, 0.3) is 0 Å². The van der Waals surface area contributed by atoms with E-state index in [0.717, 1.165) is 44.4 Å². The predicted octanol–water partition coefficient (Wildman–Crippen LogP) is 3.25. The molecule has 0 unspecified atom stereocenters. The first-order valence-corrected chi connectivity index (χ1v) is 10.3. The lowest BCUT2D eigenvalue weighted by molar-refractivity contribution is -0.192. The van der Waals surface area contributed by atoms with Crippen LogP contribution in [-0.2, 0) is 22.5 Å². The number of aliphatic carboxylic acids is 1. The molecule has 1 saturated carbocycles. The van der Waals surface area contributed by atoms with Gasteiger partial charge in [0.1, 0.15) is 0 Å². The molecule has 2 aromatic heterocycles. The molecule has 1 aliphatic carbocycles. The summed E-state index contributed by atoms with van der Waals surface area (Å²) in [6, 6.07) is 2.05. The van der Waals surface area contributed by atoms with Crippen molar-refractivity contribution in [3.63, 3.8) is 0 Å². The molecule has 1 N–H and O–H groups in total. The summed E-state index contributed by atoms with van der Waals surface area (Å²) in [5, 5.41) is 15.5. The van der Waals surface area contributed by atoms with E-state index in [0.29, 0.717) is 17.8 Å². The number of furan rings is 1. The Labute approximate surface area is 176 Å². The standard InChI is InChI=1S/C18H23N3O3.C2HF3O2/c1-2-13(1)18-20-19-17(24-18)7-16-15-3-5-21(9-14(15)11-23-16)8-12-4-6-22-10-12;3-2(4,5)1(6)7/h4,6,10,13-16H,1-3,5,7-9,11H2;(H,6,7)/t14-,15-,16+;/m1./s1. The third-order valence-corrected chi connectivity index (χ3v) is 5.89. The molecule has 0 radical (unpaired) electrons. The highest BCUT2D eigenvalue weighted by molar-refractivity contribution is 5.73. The Morgan fingerprint density at radius 2 is 2.03 bits per heavy atom. The van der Waals surface area contributed by atoms with Crippen LogP contribution in [0, 0.1) is 11.8 Å². The maximum Gasteiger partial charge on any atom is 0.490 e. The molecule has 3 aliphatic rings. The number of rotatable bonds is 5. The second-order valence-corrected chi connectivity index (χ2v) is 8.27. The number of carboxylic acid groups (broad SMARTS) is 1. The van der Waals surface area contributed by atoms with E-state index in [1.165, 1.54) is 24.8 Å². The lowest BCUT2D eigenvalue weighted by Gasteiger charge is -2.35. The number of carboxylic acids is 1. The van der Waals surface area contributed by atoms with Crippen molar-refractivity contribution in [1.82, 2.24) is 15.1 Å². The summed E-state index contributed by atoms with van der Waals surface area (Å²) in [6.45, 7) is 4.03. The first-order valence-electron chi connectivity index (χ1n) is 10.3. The fraction of sp³-hybridized carbons (Fsp3) is 0.650. The third-order valence-electron chi connectivity index (χ3n) is 5.89. The van der Waals surface area contributed by atoms with Crippen molar-refractivity contribution >= 4 is 5.97 Å². The lowest BCUT2D eigenvalue weighted by atomic mass is 9.83. The highest BCUT2D eigenvalue weighted by Gasteiger charge is 2.41. The summed E-state index contributed by atoms with van der Waals surface area (Å²) in [5.74, 6) is 0.573. The number of hydrogen-bond donors (Lipinski definition) is 1. The van der Waals surface area contributed by atoms with Crippen molar-refractivity contribution in [2.75, 3.05) is 19.7 Å². The predicted molar refractivity (Wildman–Crippen MR) is 99.0 cm³/mol. The number of aromatic nitrogens is 2. The smallest absolute Gasteiger partial charge is 0.475 e. The maximum atomic E-state index is 10.6. The van der Waals surface area contributed by atoms with Gasteiger partial charge >= 0.3 is 12.1 Å². The number of halogens is 3. The van der Waals surface area contributed by atoms with Gasteiger partial charge in [0.15, 0.2) is 0 Å². The van der Waals surface area contributed by atoms with Crippen LogP contribution in [0.4, 0.5) is 13.2 Å². The molecule has 2 aromatic rings. The van der Waals surface area contributed by atoms with Crippen LogP contribution in [0.2, 0.25) is 0 Å². The number of hydrogen-bond acceptors (Lipinski definition) is 7. The van der Waals surface area contributed by atoms with E-state index in [2.05, 4.69) is 15.1 Å². The van der Waals surface area contributed by atoms with Gasteiger partial charge in [0.2, 0.25) is 11.8 Å². The number of piperidine rings is 1. The zero-order valence-electron chi connectivity index (χ0n) is 16.8. The molecule has 0 aromatic carbocycles. The lowest BCUT2D eigenvalue weighted by Crippen LogP contribution is -2.41. The quantitative estimate of drug-likeness (QED) is 0.752. The first kappa shape index (κ1) is 21.8. The topological polar surface area (TPSA) is 102 Å². The normalized spacial score (nSPS) is 26.2. The minimum Gasteiger partial charge on any atom is -0.475 e. The molecular formula is C20H24F3N3O5. The van der Waals surface area contributed by atoms with Crippen molar-refractivity contribution in [2.45, 2.75) is 50.4 Å². The van der Waals surface area contributed by atoms with Gasteiger partial charge in [-0.25, -0.2) is 4.79 Å². The van der Waals surface area contributed by atoms with Crippen molar-refractivity contribution in [2.24, 2.45) is 11.8 Å². The molecule has 4 heterocycles. The average molecular weight is 443 g/mol. The van der Waals surface area contributed by atoms with Crippen LogP contribution >= 0.6 is 0 Å². The van der Waals surface area contributed by atoms with E-state index in [4.69, 9.17) is 23.5 Å². The van der Waals surface area contributed by atoms with Crippen LogP contribution in [0.15, 0.2) is 27.4 Å². The molecule has 3 atom stereocenters. The molecule has 0 amide bonds. The molecule has 5 rings (SSSR count). The van der Waals surface area contributed by atoms with Gasteiger partial charge in [-0.15, -0.1) is 10.2 Å².